The minimum Gasteiger partial charge on any atom is -0.266 e. The molecule has 1 amide bonds. The predicted molar refractivity (Wildman–Crippen MR) is 106 cm³/mol. The summed E-state index contributed by atoms with van der Waals surface area (Å²) in [6.45, 7) is 2.23. The molecule has 1 aliphatic carbocycles. The van der Waals surface area contributed by atoms with Crippen molar-refractivity contribution in [3.63, 3.8) is 0 Å². The molecule has 4 rings (SSSR count). The lowest BCUT2D eigenvalue weighted by Crippen LogP contribution is -2.21. The monoisotopic (exact) mass is 388 g/mol. The normalized spacial score (nSPS) is 20.5. The largest absolute Gasteiger partial charge is 0.281 e. The molecule has 1 aliphatic heterocycles. The Bertz CT molecular complexity index is 875. The van der Waals surface area contributed by atoms with Crippen molar-refractivity contribution >= 4 is 34.7 Å². The van der Waals surface area contributed by atoms with Crippen molar-refractivity contribution in [2.24, 2.45) is 11.0 Å². The van der Waals surface area contributed by atoms with E-state index in [0.29, 0.717) is 0 Å². The summed E-state index contributed by atoms with van der Waals surface area (Å²) in [6.07, 6.45) is 5.28. The number of hydrogen-bond acceptors (Lipinski definition) is 4. The molecule has 0 fully saturated rings. The Morgan fingerprint density at radius 1 is 1.35 bits per heavy atom. The third-order valence-corrected chi connectivity index (χ3v) is 7.44. The topological polar surface area (TPSA) is 41.5 Å². The number of nitrogens with one attached hydrogen (secondary N) is 1. The molecule has 0 unspecified atom stereocenters. The van der Waals surface area contributed by atoms with Crippen LogP contribution in [0.15, 0.2) is 34.3 Å². The molecule has 1 aromatic carbocycles. The number of thiophene rings is 1. The maximum absolute atomic E-state index is 13.6. The Balaban J connectivity index is 1.51. The van der Waals surface area contributed by atoms with E-state index in [2.05, 4.69) is 17.5 Å². The first-order chi connectivity index (χ1) is 12.6. The summed E-state index contributed by atoms with van der Waals surface area (Å²) in [7, 11) is 0. The van der Waals surface area contributed by atoms with Crippen LogP contribution >= 0.6 is 23.1 Å². The van der Waals surface area contributed by atoms with Gasteiger partial charge in [0, 0.05) is 27.5 Å². The molecule has 6 heteroatoms. The number of hydrogen-bond donors (Lipinski definition) is 1. The maximum Gasteiger partial charge on any atom is 0.281 e. The number of carbonyl (C=O) groups is 1. The molecule has 136 valence electrons. The van der Waals surface area contributed by atoms with Crippen molar-refractivity contribution in [2.45, 2.75) is 43.9 Å². The van der Waals surface area contributed by atoms with Crippen molar-refractivity contribution in [3.05, 3.63) is 51.0 Å². The zero-order valence-electron chi connectivity index (χ0n) is 14.7. The summed E-state index contributed by atoms with van der Waals surface area (Å²) in [5, 5.41) is 4.32. The molecule has 3 nitrogen and oxygen atoms in total. The fourth-order valence-corrected chi connectivity index (χ4v) is 5.70. The molecule has 2 heterocycles. The van der Waals surface area contributed by atoms with Gasteiger partial charge in [-0.25, -0.2) is 9.82 Å². The second-order valence-electron chi connectivity index (χ2n) is 6.81. The quantitative estimate of drug-likeness (QED) is 0.749. The van der Waals surface area contributed by atoms with Crippen LogP contribution in [0.3, 0.4) is 0 Å². The van der Waals surface area contributed by atoms with Crippen LogP contribution in [0.1, 0.15) is 51.9 Å². The minimum atomic E-state index is -0.276. The first kappa shape index (κ1) is 17.7. The molecule has 26 heavy (non-hydrogen) atoms. The summed E-state index contributed by atoms with van der Waals surface area (Å²) in [4.78, 5) is 15.6. The molecule has 0 spiro atoms. The zero-order valence-corrected chi connectivity index (χ0v) is 16.3. The van der Waals surface area contributed by atoms with Crippen LogP contribution in [0.25, 0.3) is 0 Å². The van der Waals surface area contributed by atoms with Crippen LogP contribution in [-0.2, 0) is 12.8 Å². The van der Waals surface area contributed by atoms with Crippen LogP contribution in [-0.4, -0.2) is 17.4 Å². The average molecular weight is 389 g/mol. The fraction of sp³-hybridized carbons (Fsp3) is 0.400. The highest BCUT2D eigenvalue weighted by Gasteiger charge is 2.22. The second-order valence-corrected chi connectivity index (χ2v) is 9.09. The summed E-state index contributed by atoms with van der Waals surface area (Å²) in [5.41, 5.74) is 5.56. The molecule has 1 atom stereocenters. The van der Waals surface area contributed by atoms with Gasteiger partial charge < -0.3 is 0 Å². The average Bonchev–Trinajstić information content (AvgIpc) is 3.09. The van der Waals surface area contributed by atoms with E-state index in [1.165, 1.54) is 35.4 Å². The number of hydrazone groups is 1. The number of benzene rings is 1. The van der Waals surface area contributed by atoms with E-state index in [1.54, 1.807) is 29.2 Å². The Morgan fingerprint density at radius 3 is 3.08 bits per heavy atom. The van der Waals surface area contributed by atoms with E-state index >= 15 is 0 Å². The molecule has 0 saturated carbocycles. The first-order valence-corrected chi connectivity index (χ1v) is 10.9. The van der Waals surface area contributed by atoms with Crippen LogP contribution < -0.4 is 5.43 Å². The highest BCUT2D eigenvalue weighted by atomic mass is 32.2. The minimum absolute atomic E-state index is 0.166. The number of rotatable bonds is 3. The standard InChI is InChI=1S/C20H21FN2OS2/c1-2-12-3-5-17-13(9-12)10-19(26-17)20(24)23-22-16-7-8-25-18-6-4-14(21)11-15(16)18/h4,6,10-12H,2-3,5,7-9H2,1H3,(H,23,24)/b22-16-/t12-/m0/s1. The number of nitrogens with zero attached hydrogens (tertiary/aromatic N) is 1. The van der Waals surface area contributed by atoms with Crippen molar-refractivity contribution in [1.82, 2.24) is 5.43 Å². The van der Waals surface area contributed by atoms with Gasteiger partial charge in [-0.3, -0.25) is 4.79 Å². The van der Waals surface area contributed by atoms with Gasteiger partial charge in [0.2, 0.25) is 0 Å². The van der Waals surface area contributed by atoms with Gasteiger partial charge in [0.25, 0.3) is 5.91 Å². The number of carbonyl (C=O) groups excluding carboxylic acids is 1. The molecular formula is C20H21FN2OS2. The number of halogens is 1. The van der Waals surface area contributed by atoms with Gasteiger partial charge in [0.1, 0.15) is 5.82 Å². The summed E-state index contributed by atoms with van der Waals surface area (Å²) >= 11 is 3.28. The molecule has 0 bridgehead atoms. The van der Waals surface area contributed by atoms with E-state index in [-0.39, 0.29) is 11.7 Å². The van der Waals surface area contributed by atoms with E-state index in [0.717, 1.165) is 52.0 Å². The van der Waals surface area contributed by atoms with Crippen molar-refractivity contribution in [2.75, 3.05) is 5.75 Å². The van der Waals surface area contributed by atoms with Crippen LogP contribution in [0.2, 0.25) is 0 Å². The van der Waals surface area contributed by atoms with Gasteiger partial charge in [-0.1, -0.05) is 13.3 Å². The number of thioether (sulfide) groups is 1. The number of amides is 1. The van der Waals surface area contributed by atoms with E-state index in [1.807, 2.05) is 6.07 Å². The van der Waals surface area contributed by atoms with Gasteiger partial charge in [-0.15, -0.1) is 23.1 Å². The summed E-state index contributed by atoms with van der Waals surface area (Å²) in [5.74, 6) is 1.18. The number of aryl methyl sites for hydroxylation is 1. The van der Waals surface area contributed by atoms with Gasteiger partial charge in [0.05, 0.1) is 10.6 Å². The van der Waals surface area contributed by atoms with E-state index < -0.39 is 0 Å². The van der Waals surface area contributed by atoms with Crippen LogP contribution in [0.5, 0.6) is 0 Å². The zero-order chi connectivity index (χ0) is 18.1. The molecule has 0 radical (unpaired) electrons. The Morgan fingerprint density at radius 2 is 2.23 bits per heavy atom. The third kappa shape index (κ3) is 3.58. The van der Waals surface area contributed by atoms with Gasteiger partial charge in [0.15, 0.2) is 0 Å². The SMILES string of the molecule is CC[C@H]1CCc2sc(C(=O)N/N=C3/CCSc4ccc(F)cc43)cc2C1. The Labute approximate surface area is 161 Å². The lowest BCUT2D eigenvalue weighted by atomic mass is 9.87. The molecule has 2 aliphatic rings. The molecule has 1 aromatic heterocycles. The van der Waals surface area contributed by atoms with Crippen LogP contribution in [0, 0.1) is 11.7 Å². The second kappa shape index (κ2) is 7.53. The first-order valence-electron chi connectivity index (χ1n) is 9.05. The van der Waals surface area contributed by atoms with Crippen molar-refractivity contribution in [3.8, 4) is 0 Å². The number of fused-ring (bicyclic) bond motifs is 2. The van der Waals surface area contributed by atoms with Crippen LogP contribution in [0.4, 0.5) is 4.39 Å². The Hall–Kier alpha value is -1.66. The van der Waals surface area contributed by atoms with Gasteiger partial charge in [-0.2, -0.15) is 5.10 Å². The van der Waals surface area contributed by atoms with E-state index in [4.69, 9.17) is 0 Å². The molecule has 2 aromatic rings. The fourth-order valence-electron chi connectivity index (χ4n) is 3.59. The predicted octanol–water partition coefficient (Wildman–Crippen LogP) is 5.03. The Kier molecular flexibility index (Phi) is 5.14. The van der Waals surface area contributed by atoms with Gasteiger partial charge >= 0.3 is 0 Å². The van der Waals surface area contributed by atoms with E-state index in [9.17, 15) is 9.18 Å². The maximum atomic E-state index is 13.6. The lowest BCUT2D eigenvalue weighted by Gasteiger charge is -2.19. The third-order valence-electron chi connectivity index (χ3n) is 5.13. The molecule has 0 saturated heterocycles. The summed E-state index contributed by atoms with van der Waals surface area (Å²) < 4.78 is 13.6. The van der Waals surface area contributed by atoms with Gasteiger partial charge in [-0.05, 0) is 55.0 Å². The lowest BCUT2D eigenvalue weighted by molar-refractivity contribution is 0.0958. The highest BCUT2D eigenvalue weighted by molar-refractivity contribution is 7.99. The smallest absolute Gasteiger partial charge is 0.266 e. The molecular weight excluding hydrogens is 367 g/mol. The molecule has 1 N–H and O–H groups in total. The summed E-state index contributed by atoms with van der Waals surface area (Å²) in [6, 6.07) is 6.78. The highest BCUT2D eigenvalue weighted by Crippen LogP contribution is 2.34. The van der Waals surface area contributed by atoms with Crippen molar-refractivity contribution < 1.29 is 9.18 Å². The van der Waals surface area contributed by atoms with Crippen molar-refractivity contribution in [1.29, 1.82) is 0 Å².